The lowest BCUT2D eigenvalue weighted by Crippen LogP contribution is -2.18. The number of ether oxygens (including phenoxy) is 1. The Morgan fingerprint density at radius 3 is 2.78 bits per heavy atom. The highest BCUT2D eigenvalue weighted by molar-refractivity contribution is 9.10. The molecule has 3 rings (SSSR count). The van der Waals surface area contributed by atoms with Crippen LogP contribution in [0.5, 0.6) is 0 Å². The van der Waals surface area contributed by atoms with Crippen molar-refractivity contribution in [1.29, 1.82) is 0 Å². The smallest absolute Gasteiger partial charge is 0.200 e. The molecule has 1 atom stereocenters. The van der Waals surface area contributed by atoms with Gasteiger partial charge in [-0.25, -0.2) is 15.0 Å². The second kappa shape index (κ2) is 5.03. The van der Waals surface area contributed by atoms with Crippen molar-refractivity contribution in [3.05, 3.63) is 14.6 Å². The third kappa shape index (κ3) is 2.17. The van der Waals surface area contributed by atoms with E-state index in [2.05, 4.69) is 46.8 Å². The Bertz CT molecular complexity index is 597. The number of fused-ring (bicyclic) bond motifs is 1. The van der Waals surface area contributed by atoms with Gasteiger partial charge < -0.3 is 4.74 Å². The minimum Gasteiger partial charge on any atom is -0.358 e. The quantitative estimate of drug-likeness (QED) is 0.419. The third-order valence-corrected chi connectivity index (χ3v) is 4.05. The maximum absolute atomic E-state index is 6.07. The summed E-state index contributed by atoms with van der Waals surface area (Å²) in [6, 6.07) is 0. The first-order valence-corrected chi connectivity index (χ1v) is 7.51. The number of aromatic nitrogens is 4. The molecule has 0 aliphatic carbocycles. The highest BCUT2D eigenvalue weighted by Gasteiger charge is 2.23. The van der Waals surface area contributed by atoms with Crippen LogP contribution in [0, 0.1) is 0 Å². The third-order valence-electron chi connectivity index (χ3n) is 2.87. The Morgan fingerprint density at radius 1 is 1.22 bits per heavy atom. The first kappa shape index (κ1) is 12.8. The van der Waals surface area contributed by atoms with E-state index in [0.717, 1.165) is 25.9 Å². The Morgan fingerprint density at radius 2 is 2.06 bits per heavy atom. The summed E-state index contributed by atoms with van der Waals surface area (Å²) in [5.74, 6) is 0. The van der Waals surface area contributed by atoms with E-state index in [4.69, 9.17) is 16.3 Å². The lowest BCUT2D eigenvalue weighted by Gasteiger charge is -2.24. The van der Waals surface area contributed by atoms with Crippen molar-refractivity contribution >= 4 is 54.6 Å². The number of halogens is 3. The van der Waals surface area contributed by atoms with Crippen LogP contribution in [0.4, 0.5) is 0 Å². The van der Waals surface area contributed by atoms with Gasteiger partial charge in [0, 0.05) is 6.61 Å². The van der Waals surface area contributed by atoms with Crippen LogP contribution in [0.15, 0.2) is 9.47 Å². The molecule has 0 N–H and O–H groups in total. The molecule has 0 bridgehead atoms. The summed E-state index contributed by atoms with van der Waals surface area (Å²) in [5, 5.41) is 0.335. The van der Waals surface area contributed by atoms with Gasteiger partial charge in [0.05, 0.1) is 0 Å². The minimum absolute atomic E-state index is 0.0454. The highest BCUT2D eigenvalue weighted by Crippen LogP contribution is 2.32. The molecule has 0 radical (unpaired) electrons. The van der Waals surface area contributed by atoms with E-state index in [0.29, 0.717) is 25.8 Å². The molecule has 0 saturated carbocycles. The number of hydrogen-bond donors (Lipinski definition) is 0. The van der Waals surface area contributed by atoms with Gasteiger partial charge in [-0.3, -0.25) is 4.57 Å². The van der Waals surface area contributed by atoms with E-state index < -0.39 is 0 Å². The van der Waals surface area contributed by atoms with Crippen LogP contribution >= 0.6 is 43.5 Å². The number of nitrogens with zero attached hydrogens (tertiary/aromatic N) is 4. The molecule has 1 aliphatic rings. The van der Waals surface area contributed by atoms with Gasteiger partial charge in [-0.1, -0.05) is 11.6 Å². The van der Waals surface area contributed by atoms with Crippen LogP contribution in [0.3, 0.4) is 0 Å². The molecule has 3 heterocycles. The van der Waals surface area contributed by atoms with Gasteiger partial charge in [0.15, 0.2) is 20.3 Å². The largest absolute Gasteiger partial charge is 0.358 e. The lowest BCUT2D eigenvalue weighted by atomic mass is 10.2. The molecule has 0 spiro atoms. The summed E-state index contributed by atoms with van der Waals surface area (Å²) in [6.45, 7) is 0.761. The Balaban J connectivity index is 2.18. The van der Waals surface area contributed by atoms with Gasteiger partial charge >= 0.3 is 0 Å². The minimum atomic E-state index is -0.0454. The van der Waals surface area contributed by atoms with E-state index in [9.17, 15) is 0 Å². The number of imidazole rings is 1. The van der Waals surface area contributed by atoms with Gasteiger partial charge in [-0.05, 0) is 51.1 Å². The van der Waals surface area contributed by atoms with Crippen LogP contribution in [-0.4, -0.2) is 26.1 Å². The SMILES string of the molecule is Clc1nc(Br)nc2c1nc(Br)n2C1CCCCO1. The molecular weight excluding hydrogens is 387 g/mol. The maximum Gasteiger partial charge on any atom is 0.200 e. The molecule has 1 unspecified atom stereocenters. The molecule has 5 nitrogen and oxygen atoms in total. The average Bonchev–Trinajstić information content (AvgIpc) is 2.67. The van der Waals surface area contributed by atoms with Crippen molar-refractivity contribution in [3.63, 3.8) is 0 Å². The van der Waals surface area contributed by atoms with E-state index in [1.807, 2.05) is 4.57 Å². The van der Waals surface area contributed by atoms with Crippen LogP contribution in [0.1, 0.15) is 25.5 Å². The fourth-order valence-electron chi connectivity index (χ4n) is 2.07. The Kier molecular flexibility index (Phi) is 3.57. The maximum atomic E-state index is 6.07. The van der Waals surface area contributed by atoms with Crippen molar-refractivity contribution in [2.45, 2.75) is 25.5 Å². The van der Waals surface area contributed by atoms with Crippen LogP contribution in [0.25, 0.3) is 11.2 Å². The number of rotatable bonds is 1. The van der Waals surface area contributed by atoms with Gasteiger partial charge in [-0.2, -0.15) is 0 Å². The van der Waals surface area contributed by atoms with Crippen LogP contribution in [-0.2, 0) is 4.74 Å². The molecule has 8 heteroatoms. The molecule has 1 aliphatic heterocycles. The summed E-state index contributed by atoms with van der Waals surface area (Å²) in [4.78, 5) is 12.7. The van der Waals surface area contributed by atoms with E-state index >= 15 is 0 Å². The van der Waals surface area contributed by atoms with Crippen LogP contribution in [0.2, 0.25) is 5.15 Å². The molecule has 2 aromatic rings. The predicted molar refractivity (Wildman–Crippen MR) is 74.6 cm³/mol. The zero-order chi connectivity index (χ0) is 12.7. The Labute approximate surface area is 125 Å². The Hall–Kier alpha value is -0.240. The van der Waals surface area contributed by atoms with E-state index in [-0.39, 0.29) is 6.23 Å². The molecule has 2 aromatic heterocycles. The zero-order valence-electron chi connectivity index (χ0n) is 9.24. The second-order valence-corrected chi connectivity index (χ2v) is 5.80. The first-order valence-electron chi connectivity index (χ1n) is 5.55. The standard InChI is InChI=1S/C10H9Br2ClN4O/c11-9-15-7(13)6-8(16-9)17(10(12)14-6)5-3-1-2-4-18-5/h5H,1-4H2. The fourth-order valence-corrected chi connectivity index (χ4v) is 3.30. The molecular formula is C10H9Br2ClN4O. The summed E-state index contributed by atoms with van der Waals surface area (Å²) in [7, 11) is 0. The fraction of sp³-hybridized carbons (Fsp3) is 0.500. The van der Waals surface area contributed by atoms with Crippen molar-refractivity contribution in [2.24, 2.45) is 0 Å². The van der Waals surface area contributed by atoms with Crippen molar-refractivity contribution in [2.75, 3.05) is 6.61 Å². The average molecular weight is 396 g/mol. The summed E-state index contributed by atoms with van der Waals surface area (Å²) < 4.78 is 8.80. The summed E-state index contributed by atoms with van der Waals surface area (Å²) >= 11 is 12.7. The summed E-state index contributed by atoms with van der Waals surface area (Å²) in [6.07, 6.45) is 3.14. The van der Waals surface area contributed by atoms with Crippen molar-refractivity contribution in [1.82, 2.24) is 19.5 Å². The van der Waals surface area contributed by atoms with Gasteiger partial charge in [0.2, 0.25) is 0 Å². The molecule has 1 saturated heterocycles. The van der Waals surface area contributed by atoms with E-state index in [1.54, 1.807) is 0 Å². The monoisotopic (exact) mass is 394 g/mol. The predicted octanol–water partition coefficient (Wildman–Crippen LogP) is 3.70. The molecule has 1 fully saturated rings. The summed E-state index contributed by atoms with van der Waals surface area (Å²) in [5.41, 5.74) is 1.27. The highest BCUT2D eigenvalue weighted by atomic mass is 79.9. The molecule has 0 amide bonds. The van der Waals surface area contributed by atoms with E-state index in [1.165, 1.54) is 0 Å². The topological polar surface area (TPSA) is 52.8 Å². The van der Waals surface area contributed by atoms with Gasteiger partial charge in [0.25, 0.3) is 0 Å². The first-order chi connectivity index (χ1) is 8.66. The number of hydrogen-bond acceptors (Lipinski definition) is 4. The molecule has 96 valence electrons. The van der Waals surface area contributed by atoms with Crippen molar-refractivity contribution in [3.8, 4) is 0 Å². The van der Waals surface area contributed by atoms with Gasteiger partial charge in [0.1, 0.15) is 11.7 Å². The second-order valence-electron chi connectivity index (χ2n) is 4.03. The van der Waals surface area contributed by atoms with Crippen molar-refractivity contribution < 1.29 is 4.74 Å². The molecule has 18 heavy (non-hydrogen) atoms. The molecule has 0 aromatic carbocycles. The lowest BCUT2D eigenvalue weighted by molar-refractivity contribution is -0.0311. The van der Waals surface area contributed by atoms with Gasteiger partial charge in [-0.15, -0.1) is 0 Å². The zero-order valence-corrected chi connectivity index (χ0v) is 13.2. The van der Waals surface area contributed by atoms with Crippen LogP contribution < -0.4 is 0 Å². The normalized spacial score (nSPS) is 20.5.